The fourth-order valence-corrected chi connectivity index (χ4v) is 1.31. The molecule has 0 aromatic rings. The van der Waals surface area contributed by atoms with E-state index in [1.165, 1.54) is 0 Å². The summed E-state index contributed by atoms with van der Waals surface area (Å²) < 4.78 is 5.21. The lowest BCUT2D eigenvalue weighted by Crippen LogP contribution is -2.52. The minimum Gasteiger partial charge on any atom is -0.382 e. The molecule has 0 heterocycles. The van der Waals surface area contributed by atoms with Crippen molar-refractivity contribution in [3.05, 3.63) is 0 Å². The SMILES string of the molecule is CCOCCCN=C(NN)NC(C)C(=O)NC(C)C. The summed E-state index contributed by atoms with van der Waals surface area (Å²) in [6.45, 7) is 9.49. The Morgan fingerprint density at radius 3 is 2.53 bits per heavy atom. The van der Waals surface area contributed by atoms with E-state index in [9.17, 15) is 4.79 Å². The minimum absolute atomic E-state index is 0.0905. The number of carbonyl (C=O) groups excluding carboxylic acids is 1. The van der Waals surface area contributed by atoms with Crippen LogP contribution in [0.5, 0.6) is 0 Å². The smallest absolute Gasteiger partial charge is 0.242 e. The number of rotatable bonds is 8. The van der Waals surface area contributed by atoms with Crippen LogP contribution in [0.2, 0.25) is 0 Å². The van der Waals surface area contributed by atoms with Crippen LogP contribution in [0.3, 0.4) is 0 Å². The van der Waals surface area contributed by atoms with E-state index in [-0.39, 0.29) is 11.9 Å². The predicted molar refractivity (Wildman–Crippen MR) is 76.6 cm³/mol. The molecule has 0 spiro atoms. The molecule has 0 aliphatic rings. The summed E-state index contributed by atoms with van der Waals surface area (Å²) in [7, 11) is 0. The van der Waals surface area contributed by atoms with Gasteiger partial charge in [0.25, 0.3) is 0 Å². The number of carbonyl (C=O) groups is 1. The standard InChI is InChI=1S/C12H27N5O2/c1-5-19-8-6-7-14-12(17-13)16-10(4)11(18)15-9(2)3/h9-10H,5-8,13H2,1-4H3,(H,15,18)(H2,14,16,17). The second-order valence-corrected chi connectivity index (χ2v) is 4.45. The Bertz CT molecular complexity index is 281. The molecule has 5 N–H and O–H groups in total. The molecule has 7 heteroatoms. The van der Waals surface area contributed by atoms with Gasteiger partial charge < -0.3 is 15.4 Å². The summed E-state index contributed by atoms with van der Waals surface area (Å²) in [6.07, 6.45) is 0.813. The van der Waals surface area contributed by atoms with Gasteiger partial charge in [0.2, 0.25) is 11.9 Å². The van der Waals surface area contributed by atoms with Crippen LogP contribution in [0.25, 0.3) is 0 Å². The third kappa shape index (κ3) is 9.26. The topological polar surface area (TPSA) is 101 Å². The van der Waals surface area contributed by atoms with Gasteiger partial charge in [-0.05, 0) is 34.1 Å². The Morgan fingerprint density at radius 1 is 1.32 bits per heavy atom. The van der Waals surface area contributed by atoms with Crippen molar-refractivity contribution < 1.29 is 9.53 Å². The summed E-state index contributed by atoms with van der Waals surface area (Å²) in [5, 5.41) is 5.73. The average Bonchev–Trinajstić information content (AvgIpc) is 2.36. The number of nitrogens with zero attached hydrogens (tertiary/aromatic N) is 1. The van der Waals surface area contributed by atoms with Gasteiger partial charge >= 0.3 is 0 Å². The van der Waals surface area contributed by atoms with Crippen molar-refractivity contribution in [3.63, 3.8) is 0 Å². The average molecular weight is 273 g/mol. The van der Waals surface area contributed by atoms with Crippen LogP contribution in [-0.2, 0) is 9.53 Å². The van der Waals surface area contributed by atoms with E-state index < -0.39 is 6.04 Å². The van der Waals surface area contributed by atoms with E-state index in [4.69, 9.17) is 10.6 Å². The van der Waals surface area contributed by atoms with Gasteiger partial charge in [0.05, 0.1) is 0 Å². The van der Waals surface area contributed by atoms with Crippen LogP contribution >= 0.6 is 0 Å². The number of nitrogens with two attached hydrogens (primary N) is 1. The number of hydrogen-bond acceptors (Lipinski definition) is 4. The highest BCUT2D eigenvalue weighted by molar-refractivity contribution is 5.88. The number of hydrazine groups is 1. The quantitative estimate of drug-likeness (QED) is 0.160. The van der Waals surface area contributed by atoms with Gasteiger partial charge in [0.1, 0.15) is 6.04 Å². The number of hydrogen-bond donors (Lipinski definition) is 4. The molecule has 1 atom stereocenters. The molecule has 0 bridgehead atoms. The maximum atomic E-state index is 11.7. The molecule has 7 nitrogen and oxygen atoms in total. The Morgan fingerprint density at radius 2 is 2.00 bits per heavy atom. The Hall–Kier alpha value is -1.34. The Labute approximate surface area is 115 Å². The van der Waals surface area contributed by atoms with E-state index >= 15 is 0 Å². The number of nitrogens with one attached hydrogen (secondary N) is 3. The van der Waals surface area contributed by atoms with Crippen molar-refractivity contribution in [2.45, 2.75) is 46.2 Å². The molecule has 0 fully saturated rings. The number of aliphatic imine (C=N–C) groups is 1. The van der Waals surface area contributed by atoms with Crippen molar-refractivity contribution in [1.82, 2.24) is 16.1 Å². The maximum Gasteiger partial charge on any atom is 0.242 e. The zero-order valence-electron chi connectivity index (χ0n) is 12.3. The number of guanidine groups is 1. The Kier molecular flexibility index (Phi) is 9.82. The molecular weight excluding hydrogens is 246 g/mol. The van der Waals surface area contributed by atoms with E-state index in [0.717, 1.165) is 6.42 Å². The molecule has 0 radical (unpaired) electrons. The molecule has 0 aliphatic heterocycles. The minimum atomic E-state index is -0.399. The van der Waals surface area contributed by atoms with E-state index in [1.54, 1.807) is 6.92 Å². The zero-order chi connectivity index (χ0) is 14.7. The molecule has 0 aliphatic carbocycles. The summed E-state index contributed by atoms with van der Waals surface area (Å²) in [5.74, 6) is 5.67. The fourth-order valence-electron chi connectivity index (χ4n) is 1.31. The first-order chi connectivity index (χ1) is 9.01. The summed E-state index contributed by atoms with van der Waals surface area (Å²) in [5.41, 5.74) is 2.45. The number of ether oxygens (including phenoxy) is 1. The normalized spacial score (nSPS) is 13.3. The van der Waals surface area contributed by atoms with E-state index in [0.29, 0.717) is 25.7 Å². The summed E-state index contributed by atoms with van der Waals surface area (Å²) in [6, 6.07) is -0.293. The van der Waals surface area contributed by atoms with Gasteiger partial charge in [-0.3, -0.25) is 15.2 Å². The monoisotopic (exact) mass is 273 g/mol. The lowest BCUT2D eigenvalue weighted by atomic mass is 10.3. The van der Waals surface area contributed by atoms with Crippen molar-refractivity contribution in [2.24, 2.45) is 10.8 Å². The van der Waals surface area contributed by atoms with Crippen LogP contribution in [0.15, 0.2) is 4.99 Å². The lowest BCUT2D eigenvalue weighted by molar-refractivity contribution is -0.122. The van der Waals surface area contributed by atoms with Gasteiger partial charge in [-0.2, -0.15) is 0 Å². The summed E-state index contributed by atoms with van der Waals surface area (Å²) >= 11 is 0. The van der Waals surface area contributed by atoms with Gasteiger partial charge in [-0.15, -0.1) is 0 Å². The summed E-state index contributed by atoms with van der Waals surface area (Å²) in [4.78, 5) is 15.9. The van der Waals surface area contributed by atoms with Gasteiger partial charge in [-0.25, -0.2) is 5.84 Å². The van der Waals surface area contributed by atoms with Crippen molar-refractivity contribution in [3.8, 4) is 0 Å². The molecule has 0 aromatic heterocycles. The van der Waals surface area contributed by atoms with Crippen LogP contribution < -0.4 is 21.9 Å². The molecule has 1 amide bonds. The van der Waals surface area contributed by atoms with Gasteiger partial charge in [0.15, 0.2) is 0 Å². The second-order valence-electron chi connectivity index (χ2n) is 4.45. The fraction of sp³-hybridized carbons (Fsp3) is 0.833. The van der Waals surface area contributed by atoms with Crippen LogP contribution in [0.1, 0.15) is 34.1 Å². The number of amides is 1. The second kappa shape index (κ2) is 10.6. The lowest BCUT2D eigenvalue weighted by Gasteiger charge is -2.17. The van der Waals surface area contributed by atoms with Gasteiger partial charge in [-0.1, -0.05) is 0 Å². The van der Waals surface area contributed by atoms with E-state index in [1.807, 2.05) is 20.8 Å². The molecule has 0 saturated carbocycles. The van der Waals surface area contributed by atoms with Crippen LogP contribution in [0.4, 0.5) is 0 Å². The molecule has 0 aromatic carbocycles. The first-order valence-electron chi connectivity index (χ1n) is 6.67. The van der Waals surface area contributed by atoms with Gasteiger partial charge in [0, 0.05) is 25.8 Å². The Balaban J connectivity index is 4.08. The first-order valence-corrected chi connectivity index (χ1v) is 6.67. The predicted octanol–water partition coefficient (Wildman–Crippen LogP) is -0.265. The highest BCUT2D eigenvalue weighted by Gasteiger charge is 2.14. The first kappa shape index (κ1) is 17.7. The molecule has 112 valence electrons. The third-order valence-corrected chi connectivity index (χ3v) is 2.23. The molecule has 1 unspecified atom stereocenters. The third-order valence-electron chi connectivity index (χ3n) is 2.23. The molecule has 0 saturated heterocycles. The molecule has 19 heavy (non-hydrogen) atoms. The zero-order valence-corrected chi connectivity index (χ0v) is 12.3. The maximum absolute atomic E-state index is 11.7. The van der Waals surface area contributed by atoms with Crippen LogP contribution in [0, 0.1) is 0 Å². The van der Waals surface area contributed by atoms with Crippen molar-refractivity contribution >= 4 is 11.9 Å². The molecular formula is C12H27N5O2. The largest absolute Gasteiger partial charge is 0.382 e. The highest BCUT2D eigenvalue weighted by Crippen LogP contribution is 1.88. The van der Waals surface area contributed by atoms with Crippen LogP contribution in [-0.4, -0.2) is 43.7 Å². The van der Waals surface area contributed by atoms with E-state index in [2.05, 4.69) is 21.1 Å². The van der Waals surface area contributed by atoms with Crippen molar-refractivity contribution in [2.75, 3.05) is 19.8 Å². The van der Waals surface area contributed by atoms with Crippen molar-refractivity contribution in [1.29, 1.82) is 0 Å². The molecule has 0 rings (SSSR count). The highest BCUT2D eigenvalue weighted by atomic mass is 16.5.